The summed E-state index contributed by atoms with van der Waals surface area (Å²) in [5, 5.41) is 0. The van der Waals surface area contributed by atoms with E-state index in [1.54, 1.807) is 38.1 Å². The number of benzene rings is 2. The van der Waals surface area contributed by atoms with Crippen molar-refractivity contribution in [2.75, 3.05) is 38.8 Å². The summed E-state index contributed by atoms with van der Waals surface area (Å²) in [6, 6.07) is 11.1. The van der Waals surface area contributed by atoms with Gasteiger partial charge in [-0.3, -0.25) is 4.79 Å². The zero-order valence-electron chi connectivity index (χ0n) is 18.4. The minimum atomic E-state index is -3.88. The summed E-state index contributed by atoms with van der Waals surface area (Å²) in [4.78, 5) is 26.9. The van der Waals surface area contributed by atoms with Crippen LogP contribution in [0.4, 0.5) is 5.69 Å². The Kier molecular flexibility index (Phi) is 7.05. The molecular weight excluding hydrogens is 436 g/mol. The SMILES string of the molecule is CCN(CC)S(=O)(=O)c1cc(C(=O)N2C[C@H](C(=O)OC)Oc3ccccc32)ccc1OC. The standard InChI is InChI=1S/C22H26N2O7S/c1-5-23(6-2)32(27,28)20-13-15(11-12-18(20)29-3)21(25)24-14-19(22(26)30-4)31-17-10-8-7-9-16(17)24/h7-13,19H,5-6,14H2,1-4H3/t19-/m1/s1. The Morgan fingerprint density at radius 3 is 2.44 bits per heavy atom. The molecule has 0 aromatic heterocycles. The first-order valence-electron chi connectivity index (χ1n) is 10.1. The van der Waals surface area contributed by atoms with Crippen LogP contribution in [0.15, 0.2) is 47.4 Å². The molecule has 10 heteroatoms. The monoisotopic (exact) mass is 462 g/mol. The molecule has 0 fully saturated rings. The maximum atomic E-state index is 13.5. The zero-order chi connectivity index (χ0) is 23.5. The topological polar surface area (TPSA) is 102 Å². The van der Waals surface area contributed by atoms with Crippen molar-refractivity contribution in [2.45, 2.75) is 24.8 Å². The molecule has 2 aromatic rings. The maximum Gasteiger partial charge on any atom is 0.348 e. The molecule has 0 radical (unpaired) electrons. The van der Waals surface area contributed by atoms with Gasteiger partial charge in [-0.1, -0.05) is 26.0 Å². The van der Waals surface area contributed by atoms with E-state index in [2.05, 4.69) is 0 Å². The Bertz CT molecular complexity index is 1110. The maximum absolute atomic E-state index is 13.5. The summed E-state index contributed by atoms with van der Waals surface area (Å²) in [6.45, 7) is 3.95. The van der Waals surface area contributed by atoms with E-state index in [-0.39, 0.29) is 35.8 Å². The van der Waals surface area contributed by atoms with Crippen LogP contribution in [0.3, 0.4) is 0 Å². The van der Waals surface area contributed by atoms with Crippen molar-refractivity contribution in [1.29, 1.82) is 0 Å². The van der Waals surface area contributed by atoms with E-state index < -0.39 is 28.0 Å². The lowest BCUT2D eigenvalue weighted by Gasteiger charge is -2.33. The lowest BCUT2D eigenvalue weighted by atomic mass is 10.1. The Morgan fingerprint density at radius 1 is 1.12 bits per heavy atom. The van der Waals surface area contributed by atoms with Gasteiger partial charge in [0, 0.05) is 18.7 Å². The number of carbonyl (C=O) groups excluding carboxylic acids is 2. The minimum absolute atomic E-state index is 0.0767. The first-order chi connectivity index (χ1) is 15.3. The second-order valence-corrected chi connectivity index (χ2v) is 8.87. The molecule has 1 aliphatic rings. The number of nitrogens with zero attached hydrogens (tertiary/aromatic N) is 2. The number of ether oxygens (including phenoxy) is 3. The first kappa shape index (κ1) is 23.6. The first-order valence-corrected chi connectivity index (χ1v) is 11.6. The highest BCUT2D eigenvalue weighted by molar-refractivity contribution is 7.89. The van der Waals surface area contributed by atoms with Crippen LogP contribution in [0.5, 0.6) is 11.5 Å². The van der Waals surface area contributed by atoms with E-state index in [1.165, 1.54) is 41.6 Å². The number of esters is 1. The summed E-state index contributed by atoms with van der Waals surface area (Å²) in [5.41, 5.74) is 0.610. The number of fused-ring (bicyclic) bond motifs is 1. The number of hydrogen-bond donors (Lipinski definition) is 0. The van der Waals surface area contributed by atoms with Crippen LogP contribution in [0.2, 0.25) is 0 Å². The lowest BCUT2D eigenvalue weighted by Crippen LogP contribution is -2.47. The van der Waals surface area contributed by atoms with Gasteiger partial charge in [-0.05, 0) is 30.3 Å². The van der Waals surface area contributed by atoms with Gasteiger partial charge >= 0.3 is 5.97 Å². The average Bonchev–Trinajstić information content (AvgIpc) is 2.82. The highest BCUT2D eigenvalue weighted by Gasteiger charge is 2.35. The molecule has 32 heavy (non-hydrogen) atoms. The Labute approximate surface area is 187 Å². The van der Waals surface area contributed by atoms with Gasteiger partial charge in [0.15, 0.2) is 0 Å². The molecule has 0 saturated heterocycles. The van der Waals surface area contributed by atoms with E-state index in [0.717, 1.165) is 0 Å². The van der Waals surface area contributed by atoms with Gasteiger partial charge in [-0.25, -0.2) is 13.2 Å². The van der Waals surface area contributed by atoms with Gasteiger partial charge in [0.25, 0.3) is 5.91 Å². The number of rotatable bonds is 7. The fourth-order valence-corrected chi connectivity index (χ4v) is 5.19. The third-order valence-corrected chi connectivity index (χ3v) is 7.29. The van der Waals surface area contributed by atoms with Crippen LogP contribution < -0.4 is 14.4 Å². The molecule has 172 valence electrons. The minimum Gasteiger partial charge on any atom is -0.495 e. The van der Waals surface area contributed by atoms with Crippen molar-refractivity contribution < 1.29 is 32.2 Å². The molecule has 9 nitrogen and oxygen atoms in total. The molecule has 2 aromatic carbocycles. The van der Waals surface area contributed by atoms with Crippen molar-refractivity contribution in [3.05, 3.63) is 48.0 Å². The number of hydrogen-bond acceptors (Lipinski definition) is 7. The van der Waals surface area contributed by atoms with Crippen LogP contribution in [0.1, 0.15) is 24.2 Å². The zero-order valence-corrected chi connectivity index (χ0v) is 19.2. The molecule has 1 heterocycles. The van der Waals surface area contributed by atoms with E-state index in [1.807, 2.05) is 0 Å². The average molecular weight is 463 g/mol. The van der Waals surface area contributed by atoms with Crippen LogP contribution in [-0.4, -0.2) is 64.6 Å². The van der Waals surface area contributed by atoms with Crippen LogP contribution in [0, 0.1) is 0 Å². The number of anilines is 1. The highest BCUT2D eigenvalue weighted by atomic mass is 32.2. The van der Waals surface area contributed by atoms with E-state index >= 15 is 0 Å². The van der Waals surface area contributed by atoms with Gasteiger partial charge in [0.1, 0.15) is 16.4 Å². The van der Waals surface area contributed by atoms with Gasteiger partial charge in [0.2, 0.25) is 16.1 Å². The van der Waals surface area contributed by atoms with Crippen molar-refractivity contribution >= 4 is 27.6 Å². The molecule has 1 aliphatic heterocycles. The number of carbonyl (C=O) groups is 2. The summed E-state index contributed by atoms with van der Waals surface area (Å²) in [7, 11) is -1.27. The second-order valence-electron chi connectivity index (χ2n) is 6.97. The normalized spacial score (nSPS) is 15.7. The second kappa shape index (κ2) is 9.58. The molecule has 0 unspecified atom stereocenters. The molecule has 1 atom stereocenters. The smallest absolute Gasteiger partial charge is 0.348 e. The molecule has 3 rings (SSSR count). The van der Waals surface area contributed by atoms with Crippen LogP contribution in [-0.2, 0) is 19.6 Å². The molecule has 0 bridgehead atoms. The quantitative estimate of drug-likeness (QED) is 0.582. The van der Waals surface area contributed by atoms with Crippen molar-refractivity contribution in [1.82, 2.24) is 4.31 Å². The molecule has 1 amide bonds. The number of amides is 1. The van der Waals surface area contributed by atoms with Crippen LogP contribution >= 0.6 is 0 Å². The Hall–Kier alpha value is -3.11. The third kappa shape index (κ3) is 4.28. The van der Waals surface area contributed by atoms with Crippen molar-refractivity contribution in [3.8, 4) is 11.5 Å². The molecule has 0 spiro atoms. The summed E-state index contributed by atoms with van der Waals surface area (Å²) in [5.74, 6) is -0.597. The lowest BCUT2D eigenvalue weighted by molar-refractivity contribution is -0.148. The molecular formula is C22H26N2O7S. The predicted molar refractivity (Wildman–Crippen MR) is 118 cm³/mol. The van der Waals surface area contributed by atoms with Crippen molar-refractivity contribution in [3.63, 3.8) is 0 Å². The fraction of sp³-hybridized carbons (Fsp3) is 0.364. The summed E-state index contributed by atoms with van der Waals surface area (Å²) in [6.07, 6.45) is -1.00. The van der Waals surface area contributed by atoms with Crippen molar-refractivity contribution in [2.24, 2.45) is 0 Å². The number of sulfonamides is 1. The number of para-hydroxylation sites is 2. The third-order valence-electron chi connectivity index (χ3n) is 5.22. The van der Waals surface area contributed by atoms with E-state index in [4.69, 9.17) is 14.2 Å². The molecule has 0 saturated carbocycles. The van der Waals surface area contributed by atoms with Gasteiger partial charge in [-0.2, -0.15) is 4.31 Å². The highest BCUT2D eigenvalue weighted by Crippen LogP contribution is 2.35. The van der Waals surface area contributed by atoms with E-state index in [9.17, 15) is 18.0 Å². The number of methoxy groups -OCH3 is 2. The fourth-order valence-electron chi connectivity index (χ4n) is 3.55. The largest absolute Gasteiger partial charge is 0.495 e. The van der Waals surface area contributed by atoms with Crippen LogP contribution in [0.25, 0.3) is 0 Å². The van der Waals surface area contributed by atoms with E-state index in [0.29, 0.717) is 11.4 Å². The Balaban J connectivity index is 2.07. The summed E-state index contributed by atoms with van der Waals surface area (Å²) >= 11 is 0. The van der Waals surface area contributed by atoms with Gasteiger partial charge in [-0.15, -0.1) is 0 Å². The van der Waals surface area contributed by atoms with Gasteiger partial charge < -0.3 is 19.1 Å². The summed E-state index contributed by atoms with van der Waals surface area (Å²) < 4.78 is 43.3. The predicted octanol–water partition coefficient (Wildman–Crippen LogP) is 2.31. The molecule has 0 aliphatic carbocycles. The van der Waals surface area contributed by atoms with Gasteiger partial charge in [0.05, 0.1) is 26.5 Å². The molecule has 0 N–H and O–H groups in total. The Morgan fingerprint density at radius 2 is 1.81 bits per heavy atom.